The lowest BCUT2D eigenvalue weighted by Crippen LogP contribution is -2.49. The van der Waals surface area contributed by atoms with E-state index in [1.807, 2.05) is 4.90 Å². The van der Waals surface area contributed by atoms with E-state index in [2.05, 4.69) is 0 Å². The molecule has 3 nitrogen and oxygen atoms in total. The van der Waals surface area contributed by atoms with Crippen LogP contribution in [0.1, 0.15) is 48.9 Å². The molecule has 1 saturated carbocycles. The van der Waals surface area contributed by atoms with Crippen LogP contribution in [0.25, 0.3) is 0 Å². The number of anilines is 1. The van der Waals surface area contributed by atoms with Crippen LogP contribution >= 0.6 is 0 Å². The van der Waals surface area contributed by atoms with Gasteiger partial charge in [0, 0.05) is 12.6 Å². The molecule has 20 heavy (non-hydrogen) atoms. The SMILES string of the molecule is Nc1c(F)cccc1C(=O)N1CCC[C@H]2CCCC[C@H]21. The molecule has 1 aliphatic heterocycles. The fraction of sp³-hybridized carbons (Fsp3) is 0.562. The number of carbonyl (C=O) groups excluding carboxylic acids is 1. The van der Waals surface area contributed by atoms with Crippen molar-refractivity contribution in [2.45, 2.75) is 44.6 Å². The third-order valence-corrected chi connectivity index (χ3v) is 4.79. The Labute approximate surface area is 118 Å². The first-order valence-electron chi connectivity index (χ1n) is 7.53. The van der Waals surface area contributed by atoms with Crippen molar-refractivity contribution in [3.8, 4) is 0 Å². The lowest BCUT2D eigenvalue weighted by atomic mass is 9.78. The number of piperidine rings is 1. The van der Waals surface area contributed by atoms with Crippen LogP contribution in [0.15, 0.2) is 18.2 Å². The van der Waals surface area contributed by atoms with Crippen LogP contribution in [-0.4, -0.2) is 23.4 Å². The summed E-state index contributed by atoms with van der Waals surface area (Å²) in [7, 11) is 0. The number of nitrogens with two attached hydrogens (primary N) is 1. The van der Waals surface area contributed by atoms with Crippen molar-refractivity contribution in [3.05, 3.63) is 29.6 Å². The number of para-hydroxylation sites is 1. The number of benzene rings is 1. The van der Waals surface area contributed by atoms with Crippen LogP contribution in [0.3, 0.4) is 0 Å². The molecule has 1 heterocycles. The summed E-state index contributed by atoms with van der Waals surface area (Å²) in [5, 5.41) is 0. The van der Waals surface area contributed by atoms with Crippen molar-refractivity contribution in [2.75, 3.05) is 12.3 Å². The molecule has 2 aliphatic rings. The van der Waals surface area contributed by atoms with Gasteiger partial charge in [-0.15, -0.1) is 0 Å². The zero-order chi connectivity index (χ0) is 14.1. The lowest BCUT2D eigenvalue weighted by Gasteiger charge is -2.44. The molecular formula is C16H21FN2O. The van der Waals surface area contributed by atoms with Gasteiger partial charge in [-0.25, -0.2) is 4.39 Å². The number of fused-ring (bicyclic) bond motifs is 1. The standard InChI is InChI=1S/C16H21FN2O/c17-13-8-3-7-12(15(13)18)16(20)19-10-4-6-11-5-1-2-9-14(11)19/h3,7-8,11,14H,1-2,4-6,9-10,18H2/t11-,14-/m1/s1. The minimum Gasteiger partial charge on any atom is -0.396 e. The van der Waals surface area contributed by atoms with E-state index in [9.17, 15) is 9.18 Å². The summed E-state index contributed by atoms with van der Waals surface area (Å²) >= 11 is 0. The quantitative estimate of drug-likeness (QED) is 0.801. The van der Waals surface area contributed by atoms with Crippen molar-refractivity contribution in [1.82, 2.24) is 4.90 Å². The second kappa shape index (κ2) is 5.43. The first-order chi connectivity index (χ1) is 9.68. The molecular weight excluding hydrogens is 255 g/mol. The van der Waals surface area contributed by atoms with E-state index in [4.69, 9.17) is 5.73 Å². The molecule has 2 N–H and O–H groups in total. The molecule has 0 aromatic heterocycles. The molecule has 1 saturated heterocycles. The molecule has 0 unspecified atom stereocenters. The molecule has 0 radical (unpaired) electrons. The van der Waals surface area contributed by atoms with E-state index < -0.39 is 5.82 Å². The number of nitrogen functional groups attached to an aromatic ring is 1. The summed E-state index contributed by atoms with van der Waals surface area (Å²) < 4.78 is 13.5. The van der Waals surface area contributed by atoms with Crippen LogP contribution in [0.5, 0.6) is 0 Å². The monoisotopic (exact) mass is 276 g/mol. The molecule has 2 atom stereocenters. The average molecular weight is 276 g/mol. The molecule has 3 rings (SSSR count). The maximum Gasteiger partial charge on any atom is 0.256 e. The highest BCUT2D eigenvalue weighted by molar-refractivity contribution is 5.99. The van der Waals surface area contributed by atoms with Gasteiger partial charge >= 0.3 is 0 Å². The first-order valence-corrected chi connectivity index (χ1v) is 7.53. The molecule has 108 valence electrons. The summed E-state index contributed by atoms with van der Waals surface area (Å²) in [4.78, 5) is 14.6. The Balaban J connectivity index is 1.87. The Kier molecular flexibility index (Phi) is 3.64. The molecule has 1 aromatic rings. The number of nitrogens with zero attached hydrogens (tertiary/aromatic N) is 1. The number of amides is 1. The Bertz CT molecular complexity index is 515. The fourth-order valence-electron chi connectivity index (χ4n) is 3.76. The molecule has 0 bridgehead atoms. The maximum absolute atomic E-state index is 13.5. The predicted molar refractivity (Wildman–Crippen MR) is 76.8 cm³/mol. The summed E-state index contributed by atoms with van der Waals surface area (Å²) in [5.74, 6) is 0.0166. The zero-order valence-corrected chi connectivity index (χ0v) is 11.6. The molecule has 1 amide bonds. The zero-order valence-electron chi connectivity index (χ0n) is 11.6. The molecule has 1 aromatic carbocycles. The maximum atomic E-state index is 13.5. The largest absolute Gasteiger partial charge is 0.396 e. The second-order valence-corrected chi connectivity index (χ2v) is 5.95. The van der Waals surface area contributed by atoms with Crippen LogP contribution < -0.4 is 5.73 Å². The second-order valence-electron chi connectivity index (χ2n) is 5.95. The van der Waals surface area contributed by atoms with Crippen molar-refractivity contribution < 1.29 is 9.18 Å². The van der Waals surface area contributed by atoms with Gasteiger partial charge in [-0.1, -0.05) is 18.9 Å². The minimum absolute atomic E-state index is 0.0181. The topological polar surface area (TPSA) is 46.3 Å². The Morgan fingerprint density at radius 1 is 1.20 bits per heavy atom. The van der Waals surface area contributed by atoms with Crippen molar-refractivity contribution in [3.63, 3.8) is 0 Å². The first kappa shape index (κ1) is 13.4. The predicted octanol–water partition coefficient (Wildman–Crippen LogP) is 3.20. The number of rotatable bonds is 1. The third-order valence-electron chi connectivity index (χ3n) is 4.79. The van der Waals surface area contributed by atoms with E-state index in [-0.39, 0.29) is 11.6 Å². The number of carbonyl (C=O) groups is 1. The highest BCUT2D eigenvalue weighted by Crippen LogP contribution is 2.36. The van der Waals surface area contributed by atoms with Gasteiger partial charge in [0.15, 0.2) is 0 Å². The highest BCUT2D eigenvalue weighted by Gasteiger charge is 2.36. The smallest absolute Gasteiger partial charge is 0.256 e. The van der Waals surface area contributed by atoms with Gasteiger partial charge in [0.05, 0.1) is 11.3 Å². The highest BCUT2D eigenvalue weighted by atomic mass is 19.1. The fourth-order valence-corrected chi connectivity index (χ4v) is 3.76. The van der Waals surface area contributed by atoms with Gasteiger partial charge in [0.25, 0.3) is 5.91 Å². The van der Waals surface area contributed by atoms with Crippen molar-refractivity contribution in [1.29, 1.82) is 0 Å². The third kappa shape index (κ3) is 2.28. The van der Waals surface area contributed by atoms with E-state index >= 15 is 0 Å². The summed E-state index contributed by atoms with van der Waals surface area (Å²) in [6.07, 6.45) is 7.00. The Morgan fingerprint density at radius 2 is 1.95 bits per heavy atom. The van der Waals surface area contributed by atoms with E-state index in [1.165, 1.54) is 31.7 Å². The van der Waals surface area contributed by atoms with E-state index in [0.717, 1.165) is 19.4 Å². The molecule has 1 aliphatic carbocycles. The Hall–Kier alpha value is -1.58. The van der Waals surface area contributed by atoms with E-state index in [0.29, 0.717) is 17.5 Å². The van der Waals surface area contributed by atoms with Crippen LogP contribution in [0.2, 0.25) is 0 Å². The van der Waals surface area contributed by atoms with Crippen LogP contribution in [0.4, 0.5) is 10.1 Å². The summed E-state index contributed by atoms with van der Waals surface area (Å²) in [6.45, 7) is 0.774. The van der Waals surface area contributed by atoms with E-state index in [1.54, 1.807) is 12.1 Å². The number of halogens is 1. The van der Waals surface area contributed by atoms with Gasteiger partial charge < -0.3 is 10.6 Å². The van der Waals surface area contributed by atoms with Crippen molar-refractivity contribution in [2.24, 2.45) is 5.92 Å². The summed E-state index contributed by atoms with van der Waals surface area (Å²) in [6, 6.07) is 4.81. The van der Waals surface area contributed by atoms with Crippen molar-refractivity contribution >= 4 is 11.6 Å². The Morgan fingerprint density at radius 3 is 2.80 bits per heavy atom. The van der Waals surface area contributed by atoms with Gasteiger partial charge in [0.2, 0.25) is 0 Å². The number of likely N-dealkylation sites (tertiary alicyclic amines) is 1. The number of hydrogen-bond donors (Lipinski definition) is 1. The molecule has 2 fully saturated rings. The van der Waals surface area contributed by atoms with Gasteiger partial charge in [-0.3, -0.25) is 4.79 Å². The normalized spacial score (nSPS) is 26.1. The van der Waals surface area contributed by atoms with Crippen LogP contribution in [0, 0.1) is 11.7 Å². The van der Waals surface area contributed by atoms with Gasteiger partial charge in [0.1, 0.15) is 5.82 Å². The lowest BCUT2D eigenvalue weighted by molar-refractivity contribution is 0.0391. The minimum atomic E-state index is -0.506. The average Bonchev–Trinajstić information content (AvgIpc) is 2.49. The van der Waals surface area contributed by atoms with Gasteiger partial charge in [-0.05, 0) is 43.7 Å². The molecule has 4 heteroatoms. The number of hydrogen-bond acceptors (Lipinski definition) is 2. The summed E-state index contributed by atoms with van der Waals surface area (Å²) in [5.41, 5.74) is 6.03. The van der Waals surface area contributed by atoms with Crippen LogP contribution in [-0.2, 0) is 0 Å². The molecule has 0 spiro atoms. The van der Waals surface area contributed by atoms with Gasteiger partial charge in [-0.2, -0.15) is 0 Å².